The van der Waals surface area contributed by atoms with E-state index in [1.54, 1.807) is 6.07 Å². The molecule has 6 nitrogen and oxygen atoms in total. The van der Waals surface area contributed by atoms with Crippen molar-refractivity contribution in [3.8, 4) is 5.75 Å². The number of aryl methyl sites for hydroxylation is 1. The lowest BCUT2D eigenvalue weighted by atomic mass is 9.78. The van der Waals surface area contributed by atoms with Crippen LogP contribution in [0.2, 0.25) is 5.02 Å². The molecule has 1 aliphatic rings. The normalized spacial score (nSPS) is 22.1. The topological polar surface area (TPSA) is 79.9 Å². The molecule has 8 heteroatoms. The smallest absolute Gasteiger partial charge is 0.230 e. The Labute approximate surface area is 175 Å². The Bertz CT molecular complexity index is 813. The number of hydrogen-bond donors (Lipinski definition) is 2. The number of hydrogen-bond acceptors (Lipinski definition) is 5. The predicted octanol–water partition coefficient (Wildman–Crippen LogP) is 4.38. The van der Waals surface area contributed by atoms with Gasteiger partial charge in [-0.3, -0.25) is 9.89 Å². The van der Waals surface area contributed by atoms with E-state index >= 15 is 0 Å². The summed E-state index contributed by atoms with van der Waals surface area (Å²) in [6.45, 7) is 6.70. The van der Waals surface area contributed by atoms with Crippen LogP contribution in [0.5, 0.6) is 5.75 Å². The van der Waals surface area contributed by atoms with E-state index in [0.717, 1.165) is 17.7 Å². The first kappa shape index (κ1) is 21.0. The lowest BCUT2D eigenvalue weighted by Gasteiger charge is -2.34. The summed E-state index contributed by atoms with van der Waals surface area (Å²) in [7, 11) is 0. The highest BCUT2D eigenvalue weighted by molar-refractivity contribution is 7.99. The van der Waals surface area contributed by atoms with Gasteiger partial charge in [0.1, 0.15) is 12.4 Å². The molecule has 1 fully saturated rings. The molecule has 2 aromatic rings. The number of nitrogens with zero attached hydrogens (tertiary/aromatic N) is 2. The van der Waals surface area contributed by atoms with Gasteiger partial charge in [-0.1, -0.05) is 50.1 Å². The highest BCUT2D eigenvalue weighted by Crippen LogP contribution is 2.29. The molecule has 0 radical (unpaired) electrons. The summed E-state index contributed by atoms with van der Waals surface area (Å²) in [6, 6.07) is 5.78. The van der Waals surface area contributed by atoms with Crippen LogP contribution < -0.4 is 10.1 Å². The van der Waals surface area contributed by atoms with Crippen LogP contribution >= 0.6 is 23.4 Å². The second-order valence-corrected chi connectivity index (χ2v) is 8.84. The largest absolute Gasteiger partial charge is 0.486 e. The van der Waals surface area contributed by atoms with Gasteiger partial charge in [-0.05, 0) is 48.9 Å². The van der Waals surface area contributed by atoms with Crippen molar-refractivity contribution in [1.82, 2.24) is 20.5 Å². The zero-order valence-corrected chi connectivity index (χ0v) is 18.1. The second kappa shape index (κ2) is 9.65. The zero-order chi connectivity index (χ0) is 20.1. The third kappa shape index (κ3) is 5.64. The van der Waals surface area contributed by atoms with Crippen LogP contribution in [0.25, 0.3) is 0 Å². The molecule has 2 N–H and O–H groups in total. The van der Waals surface area contributed by atoms with Crippen LogP contribution in [-0.2, 0) is 11.4 Å². The molecule has 28 heavy (non-hydrogen) atoms. The highest BCUT2D eigenvalue weighted by atomic mass is 35.5. The highest BCUT2D eigenvalue weighted by Gasteiger charge is 2.28. The summed E-state index contributed by atoms with van der Waals surface area (Å²) in [6.07, 6.45) is 3.50. The minimum Gasteiger partial charge on any atom is -0.486 e. The third-order valence-electron chi connectivity index (χ3n) is 5.40. The number of amides is 1. The molecular weight excluding hydrogens is 396 g/mol. The molecule has 1 amide bonds. The summed E-state index contributed by atoms with van der Waals surface area (Å²) in [5, 5.41) is 11.4. The Kier molecular flexibility index (Phi) is 7.24. The monoisotopic (exact) mass is 422 g/mol. The molecule has 152 valence electrons. The van der Waals surface area contributed by atoms with E-state index in [9.17, 15) is 4.79 Å². The van der Waals surface area contributed by atoms with Crippen molar-refractivity contribution in [2.75, 3.05) is 5.75 Å². The summed E-state index contributed by atoms with van der Waals surface area (Å²) >= 11 is 7.35. The van der Waals surface area contributed by atoms with E-state index in [4.69, 9.17) is 16.3 Å². The number of benzene rings is 1. The number of halogens is 1. The Morgan fingerprint density at radius 3 is 3.00 bits per heavy atom. The quantitative estimate of drug-likeness (QED) is 0.647. The molecular formula is C20H27ClN4O2S. The Morgan fingerprint density at radius 1 is 1.39 bits per heavy atom. The summed E-state index contributed by atoms with van der Waals surface area (Å²) < 4.78 is 5.71. The maximum atomic E-state index is 12.3. The van der Waals surface area contributed by atoms with Crippen LogP contribution in [0.1, 0.15) is 44.5 Å². The van der Waals surface area contributed by atoms with E-state index in [2.05, 4.69) is 34.3 Å². The minimum absolute atomic E-state index is 0.0372. The zero-order valence-electron chi connectivity index (χ0n) is 16.5. The molecule has 0 saturated heterocycles. The maximum Gasteiger partial charge on any atom is 0.230 e. The Hall–Kier alpha value is -1.73. The number of aromatic amines is 1. The van der Waals surface area contributed by atoms with E-state index in [-0.39, 0.29) is 18.6 Å². The lowest BCUT2D eigenvalue weighted by molar-refractivity contribution is -0.120. The number of carbonyl (C=O) groups excluding carboxylic acids is 1. The summed E-state index contributed by atoms with van der Waals surface area (Å²) in [4.78, 5) is 16.7. The molecule has 1 aromatic carbocycles. The van der Waals surface area contributed by atoms with Gasteiger partial charge in [-0.25, -0.2) is 4.98 Å². The van der Waals surface area contributed by atoms with Gasteiger partial charge in [0, 0.05) is 11.1 Å². The second-order valence-electron chi connectivity index (χ2n) is 7.49. The molecule has 1 heterocycles. The van der Waals surface area contributed by atoms with Crippen molar-refractivity contribution in [3.05, 3.63) is 34.6 Å². The van der Waals surface area contributed by atoms with Crippen molar-refractivity contribution in [3.63, 3.8) is 0 Å². The van der Waals surface area contributed by atoms with Crippen molar-refractivity contribution in [1.29, 1.82) is 0 Å². The van der Waals surface area contributed by atoms with Crippen LogP contribution in [0, 0.1) is 18.8 Å². The fourth-order valence-corrected chi connectivity index (χ4v) is 4.18. The fraction of sp³-hybridized carbons (Fsp3) is 0.550. The van der Waals surface area contributed by atoms with Gasteiger partial charge in [-0.15, -0.1) is 5.10 Å². The molecule has 1 aromatic heterocycles. The molecule has 3 rings (SSSR count). The van der Waals surface area contributed by atoms with Gasteiger partial charge in [-0.2, -0.15) is 0 Å². The van der Waals surface area contributed by atoms with Gasteiger partial charge < -0.3 is 10.1 Å². The molecule has 0 spiro atoms. The molecule has 0 unspecified atom stereocenters. The number of ether oxygens (including phenoxy) is 1. The van der Waals surface area contributed by atoms with Crippen molar-refractivity contribution < 1.29 is 9.53 Å². The van der Waals surface area contributed by atoms with Crippen molar-refractivity contribution in [2.24, 2.45) is 11.8 Å². The first-order valence-electron chi connectivity index (χ1n) is 9.64. The average Bonchev–Trinajstić information content (AvgIpc) is 3.13. The van der Waals surface area contributed by atoms with Gasteiger partial charge in [0.25, 0.3) is 0 Å². The number of carbonyl (C=O) groups is 1. The Balaban J connectivity index is 1.44. The number of rotatable bonds is 7. The fourth-order valence-electron chi connectivity index (χ4n) is 3.43. The van der Waals surface area contributed by atoms with Crippen LogP contribution in [0.3, 0.4) is 0 Å². The third-order valence-corrected chi connectivity index (χ3v) is 6.67. The number of H-pyrrole nitrogens is 1. The summed E-state index contributed by atoms with van der Waals surface area (Å²) in [5.74, 6) is 2.87. The summed E-state index contributed by atoms with van der Waals surface area (Å²) in [5.41, 5.74) is 0.959. The molecule has 3 atom stereocenters. The Morgan fingerprint density at radius 2 is 2.21 bits per heavy atom. The first-order chi connectivity index (χ1) is 13.4. The van der Waals surface area contributed by atoms with Gasteiger partial charge in [0.2, 0.25) is 11.1 Å². The van der Waals surface area contributed by atoms with Gasteiger partial charge in [0.05, 0.1) is 5.75 Å². The number of aromatic nitrogens is 3. The van der Waals surface area contributed by atoms with E-state index in [0.29, 0.717) is 33.6 Å². The van der Waals surface area contributed by atoms with E-state index in [1.807, 2.05) is 19.1 Å². The van der Waals surface area contributed by atoms with Gasteiger partial charge in [0.15, 0.2) is 5.82 Å². The van der Waals surface area contributed by atoms with Crippen LogP contribution in [-0.4, -0.2) is 32.9 Å². The van der Waals surface area contributed by atoms with Crippen molar-refractivity contribution in [2.45, 2.75) is 57.8 Å². The molecule has 0 aliphatic heterocycles. The lowest BCUT2D eigenvalue weighted by Crippen LogP contribution is -2.44. The van der Waals surface area contributed by atoms with E-state index in [1.165, 1.54) is 24.6 Å². The first-order valence-corrected chi connectivity index (χ1v) is 11.0. The number of nitrogens with one attached hydrogen (secondary N) is 2. The van der Waals surface area contributed by atoms with Crippen LogP contribution in [0.4, 0.5) is 0 Å². The standard InChI is InChI=1S/C20H27ClN4O2S/c1-12-5-4-6-17(14(12)3)22-19(26)11-28-20-23-18(24-25-20)10-27-15-7-8-16(21)13(2)9-15/h7-9,12,14,17H,4-6,10-11H2,1-3H3,(H,22,26)(H,23,24,25)/t12-,14-,17+/m0/s1. The SMILES string of the molecule is Cc1cc(OCc2nc(SCC(=O)N[C@@H]3CCC[C@H](C)[C@@H]3C)n[nH]2)ccc1Cl. The average molecular weight is 423 g/mol. The molecule has 1 saturated carbocycles. The molecule has 1 aliphatic carbocycles. The minimum atomic E-state index is 0.0372. The predicted molar refractivity (Wildman–Crippen MR) is 112 cm³/mol. The van der Waals surface area contributed by atoms with Crippen molar-refractivity contribution >= 4 is 29.3 Å². The van der Waals surface area contributed by atoms with Crippen LogP contribution in [0.15, 0.2) is 23.4 Å². The maximum absolute atomic E-state index is 12.3. The van der Waals surface area contributed by atoms with E-state index < -0.39 is 0 Å². The number of thioether (sulfide) groups is 1. The van der Waals surface area contributed by atoms with Gasteiger partial charge >= 0.3 is 0 Å². The molecule has 0 bridgehead atoms.